The van der Waals surface area contributed by atoms with Crippen molar-refractivity contribution in [1.82, 2.24) is 0 Å². The molecule has 0 aliphatic heterocycles. The molecule has 0 bridgehead atoms. The van der Waals surface area contributed by atoms with Gasteiger partial charge in [-0.15, -0.1) is 0 Å². The third kappa shape index (κ3) is 1.69. The van der Waals surface area contributed by atoms with E-state index in [1.807, 2.05) is 0 Å². The molecule has 0 saturated carbocycles. The van der Waals surface area contributed by atoms with Crippen molar-refractivity contribution in [2.24, 2.45) is 0 Å². The molecule has 0 saturated heterocycles. The number of hydrogen-bond donors (Lipinski definition) is 0. The summed E-state index contributed by atoms with van der Waals surface area (Å²) in [5, 5.41) is 8.34. The summed E-state index contributed by atoms with van der Waals surface area (Å²) in [6.07, 6.45) is 0. The van der Waals surface area contributed by atoms with Gasteiger partial charge in [0.15, 0.2) is 0 Å². The molecule has 1 aromatic carbocycles. The molecule has 0 aromatic heterocycles. The Morgan fingerprint density at radius 3 is 2.29 bits per heavy atom. The van der Waals surface area contributed by atoms with Crippen LogP contribution in [0.4, 0.5) is 8.78 Å². The molecule has 1 rings (SSSR count). The van der Waals surface area contributed by atoms with Gasteiger partial charge in [0.1, 0.15) is 23.3 Å². The smallest absolute Gasteiger partial charge is 0.338 e. The summed E-state index contributed by atoms with van der Waals surface area (Å²) in [6, 6.07) is 2.86. The van der Waals surface area contributed by atoms with Gasteiger partial charge in [0.2, 0.25) is 0 Å². The standard InChI is InChI=1S/C9H5F2NO2/c1-14-9(13)5-2-7(10)6(4-12)8(11)3-5/h2-3H,1H3. The van der Waals surface area contributed by atoms with Gasteiger partial charge >= 0.3 is 5.97 Å². The number of carbonyl (C=O) groups excluding carboxylic acids is 1. The first-order valence-corrected chi connectivity index (χ1v) is 3.57. The lowest BCUT2D eigenvalue weighted by Gasteiger charge is -2.01. The van der Waals surface area contributed by atoms with Gasteiger partial charge in [-0.3, -0.25) is 0 Å². The number of rotatable bonds is 1. The molecule has 0 heterocycles. The number of nitrogens with zero attached hydrogens (tertiary/aromatic N) is 1. The fraction of sp³-hybridized carbons (Fsp3) is 0.111. The van der Waals surface area contributed by atoms with Crippen LogP contribution >= 0.6 is 0 Å². The Balaban J connectivity index is 3.29. The number of ether oxygens (including phenoxy) is 1. The number of nitriles is 1. The Bertz CT molecular complexity index is 400. The quantitative estimate of drug-likeness (QED) is 0.643. The summed E-state index contributed by atoms with van der Waals surface area (Å²) in [7, 11) is 1.09. The maximum absolute atomic E-state index is 12.9. The average Bonchev–Trinajstić information content (AvgIpc) is 2.16. The van der Waals surface area contributed by atoms with Gasteiger partial charge in [0, 0.05) is 0 Å². The summed E-state index contributed by atoms with van der Waals surface area (Å²) in [5.74, 6) is -3.01. The van der Waals surface area contributed by atoms with Crippen LogP contribution in [0, 0.1) is 23.0 Å². The summed E-state index contributed by atoms with van der Waals surface area (Å²) in [6.45, 7) is 0. The van der Waals surface area contributed by atoms with Crippen LogP contribution in [-0.4, -0.2) is 13.1 Å². The Morgan fingerprint density at radius 2 is 1.93 bits per heavy atom. The summed E-state index contributed by atoms with van der Waals surface area (Å²) in [5.41, 5.74) is -0.973. The van der Waals surface area contributed by atoms with E-state index in [2.05, 4.69) is 4.74 Å². The highest BCUT2D eigenvalue weighted by Crippen LogP contribution is 2.14. The van der Waals surface area contributed by atoms with Crippen molar-refractivity contribution in [1.29, 1.82) is 5.26 Å². The Kier molecular flexibility index (Phi) is 2.77. The molecule has 72 valence electrons. The molecule has 0 atom stereocenters. The van der Waals surface area contributed by atoms with Crippen molar-refractivity contribution in [2.45, 2.75) is 0 Å². The minimum atomic E-state index is -1.08. The van der Waals surface area contributed by atoms with E-state index in [-0.39, 0.29) is 5.56 Å². The van der Waals surface area contributed by atoms with E-state index in [0.717, 1.165) is 19.2 Å². The van der Waals surface area contributed by atoms with Crippen LogP contribution in [0.1, 0.15) is 15.9 Å². The van der Waals surface area contributed by atoms with Crippen LogP contribution in [0.15, 0.2) is 12.1 Å². The topological polar surface area (TPSA) is 50.1 Å². The van der Waals surface area contributed by atoms with Gasteiger partial charge in [0.05, 0.1) is 12.7 Å². The number of carbonyl (C=O) groups is 1. The van der Waals surface area contributed by atoms with Gasteiger partial charge in [-0.05, 0) is 12.1 Å². The van der Waals surface area contributed by atoms with Gasteiger partial charge in [-0.25, -0.2) is 13.6 Å². The molecule has 0 aliphatic rings. The van der Waals surface area contributed by atoms with E-state index < -0.39 is 23.2 Å². The van der Waals surface area contributed by atoms with Crippen LogP contribution in [0.3, 0.4) is 0 Å². The molecule has 0 unspecified atom stereocenters. The van der Waals surface area contributed by atoms with E-state index in [1.54, 1.807) is 0 Å². The lowest BCUT2D eigenvalue weighted by atomic mass is 10.1. The first-order valence-electron chi connectivity index (χ1n) is 3.57. The molecule has 0 radical (unpaired) electrons. The average molecular weight is 197 g/mol. The summed E-state index contributed by atoms with van der Waals surface area (Å²) >= 11 is 0. The molecule has 0 amide bonds. The molecule has 0 N–H and O–H groups in total. The molecule has 1 aromatic rings. The van der Waals surface area contributed by atoms with Crippen molar-refractivity contribution in [3.8, 4) is 6.07 Å². The maximum Gasteiger partial charge on any atom is 0.338 e. The number of halogens is 2. The highest BCUT2D eigenvalue weighted by molar-refractivity contribution is 5.89. The third-order valence-corrected chi connectivity index (χ3v) is 1.58. The van der Waals surface area contributed by atoms with Gasteiger partial charge in [-0.2, -0.15) is 5.26 Å². The number of methoxy groups -OCH3 is 1. The molecule has 14 heavy (non-hydrogen) atoms. The lowest BCUT2D eigenvalue weighted by Crippen LogP contribution is -2.04. The number of benzene rings is 1. The molecule has 3 nitrogen and oxygen atoms in total. The zero-order valence-electron chi connectivity index (χ0n) is 7.17. The Morgan fingerprint density at radius 1 is 1.43 bits per heavy atom. The second-order valence-corrected chi connectivity index (χ2v) is 2.42. The zero-order chi connectivity index (χ0) is 10.7. The molecule has 0 aliphatic carbocycles. The van der Waals surface area contributed by atoms with Crippen LogP contribution in [0.5, 0.6) is 0 Å². The molecule has 5 heteroatoms. The van der Waals surface area contributed by atoms with Crippen LogP contribution in [0.2, 0.25) is 0 Å². The van der Waals surface area contributed by atoms with E-state index in [1.165, 1.54) is 6.07 Å². The minimum absolute atomic E-state index is 0.262. The Labute approximate surface area is 78.5 Å². The van der Waals surface area contributed by atoms with Gasteiger partial charge in [0.25, 0.3) is 0 Å². The van der Waals surface area contributed by atoms with E-state index in [0.29, 0.717) is 0 Å². The largest absolute Gasteiger partial charge is 0.465 e. The molecular formula is C9H5F2NO2. The molecule has 0 fully saturated rings. The van der Waals surface area contributed by atoms with Crippen molar-refractivity contribution >= 4 is 5.97 Å². The summed E-state index contributed by atoms with van der Waals surface area (Å²) < 4.78 is 30.1. The van der Waals surface area contributed by atoms with E-state index in [4.69, 9.17) is 5.26 Å². The normalized spacial score (nSPS) is 9.29. The van der Waals surface area contributed by atoms with Crippen LogP contribution < -0.4 is 0 Å². The van der Waals surface area contributed by atoms with E-state index >= 15 is 0 Å². The first kappa shape index (κ1) is 10.1. The third-order valence-electron chi connectivity index (χ3n) is 1.58. The predicted molar refractivity (Wildman–Crippen MR) is 42.4 cm³/mol. The van der Waals surface area contributed by atoms with Crippen molar-refractivity contribution < 1.29 is 18.3 Å². The second-order valence-electron chi connectivity index (χ2n) is 2.42. The van der Waals surface area contributed by atoms with Gasteiger partial charge in [-0.1, -0.05) is 0 Å². The van der Waals surface area contributed by atoms with Crippen molar-refractivity contribution in [3.05, 3.63) is 34.9 Å². The minimum Gasteiger partial charge on any atom is -0.465 e. The fourth-order valence-electron chi connectivity index (χ4n) is 0.916. The summed E-state index contributed by atoms with van der Waals surface area (Å²) in [4.78, 5) is 10.9. The zero-order valence-corrected chi connectivity index (χ0v) is 7.17. The highest BCUT2D eigenvalue weighted by atomic mass is 19.1. The molecule has 0 spiro atoms. The maximum atomic E-state index is 12.9. The second kappa shape index (κ2) is 3.83. The predicted octanol–water partition coefficient (Wildman–Crippen LogP) is 1.62. The number of hydrogen-bond acceptors (Lipinski definition) is 3. The van der Waals surface area contributed by atoms with Crippen molar-refractivity contribution in [2.75, 3.05) is 7.11 Å². The Hall–Kier alpha value is -1.96. The van der Waals surface area contributed by atoms with Crippen molar-refractivity contribution in [3.63, 3.8) is 0 Å². The van der Waals surface area contributed by atoms with Crippen LogP contribution in [0.25, 0.3) is 0 Å². The highest BCUT2D eigenvalue weighted by Gasteiger charge is 2.14. The fourth-order valence-corrected chi connectivity index (χ4v) is 0.916. The lowest BCUT2D eigenvalue weighted by molar-refractivity contribution is 0.0599. The van der Waals surface area contributed by atoms with Crippen LogP contribution in [-0.2, 0) is 4.74 Å². The monoisotopic (exact) mass is 197 g/mol. The SMILES string of the molecule is COC(=O)c1cc(F)c(C#N)c(F)c1. The van der Waals surface area contributed by atoms with Gasteiger partial charge < -0.3 is 4.74 Å². The molecular weight excluding hydrogens is 192 g/mol. The van der Waals surface area contributed by atoms with E-state index in [9.17, 15) is 13.6 Å². The first-order chi connectivity index (χ1) is 6.60. The number of esters is 1.